The maximum absolute atomic E-state index is 11.4. The fraction of sp³-hybridized carbons (Fsp3) is 0.750. The molecule has 0 saturated heterocycles. The molecule has 78 valence electrons. The fourth-order valence-corrected chi connectivity index (χ4v) is 1.31. The van der Waals surface area contributed by atoms with Gasteiger partial charge in [0.2, 0.25) is 0 Å². The molecule has 1 heterocycles. The summed E-state index contributed by atoms with van der Waals surface area (Å²) in [5.41, 5.74) is -1.15. The van der Waals surface area contributed by atoms with Crippen LogP contribution in [0.2, 0.25) is 0 Å². The van der Waals surface area contributed by atoms with Crippen LogP contribution in [0.4, 0.5) is 0 Å². The maximum atomic E-state index is 11.4. The van der Waals surface area contributed by atoms with Crippen molar-refractivity contribution in [2.45, 2.75) is 18.4 Å². The van der Waals surface area contributed by atoms with Gasteiger partial charge < -0.3 is 9.47 Å². The van der Waals surface area contributed by atoms with Gasteiger partial charge in [0.15, 0.2) is 5.54 Å². The summed E-state index contributed by atoms with van der Waals surface area (Å²) in [6.07, 6.45) is 0.286. The second-order valence-corrected chi connectivity index (χ2v) is 2.99. The van der Waals surface area contributed by atoms with E-state index in [4.69, 9.17) is 0 Å². The first-order valence-corrected chi connectivity index (χ1v) is 4.18. The average Bonchev–Trinajstić information content (AvgIpc) is 2.66. The van der Waals surface area contributed by atoms with Gasteiger partial charge in [-0.25, -0.2) is 4.79 Å². The lowest BCUT2D eigenvalue weighted by atomic mass is 9.93. The van der Waals surface area contributed by atoms with E-state index in [0.717, 1.165) is 0 Å². The second-order valence-electron chi connectivity index (χ2n) is 2.99. The highest BCUT2D eigenvalue weighted by Crippen LogP contribution is 2.28. The van der Waals surface area contributed by atoms with Gasteiger partial charge in [0, 0.05) is 6.42 Å². The van der Waals surface area contributed by atoms with E-state index >= 15 is 0 Å². The zero-order chi connectivity index (χ0) is 10.6. The van der Waals surface area contributed by atoms with E-state index in [1.807, 2.05) is 0 Å². The molecule has 0 radical (unpaired) electrons. The minimum Gasteiger partial charge on any atom is -0.469 e. The number of nitrogens with zero attached hydrogens (tertiary/aromatic N) is 2. The molecule has 0 N–H and O–H groups in total. The smallest absolute Gasteiger partial charge is 0.336 e. The lowest BCUT2D eigenvalue weighted by Crippen LogP contribution is -2.38. The van der Waals surface area contributed by atoms with Crippen LogP contribution >= 0.6 is 0 Å². The monoisotopic (exact) mass is 200 g/mol. The average molecular weight is 200 g/mol. The molecule has 0 aromatic carbocycles. The Kier molecular flexibility index (Phi) is 3.16. The molecule has 0 aliphatic carbocycles. The quantitative estimate of drug-likeness (QED) is 0.614. The molecule has 1 aliphatic heterocycles. The molecule has 0 aromatic rings. The Morgan fingerprint density at radius 3 is 2.50 bits per heavy atom. The topological polar surface area (TPSA) is 77.3 Å². The van der Waals surface area contributed by atoms with Gasteiger partial charge in [-0.05, 0) is 0 Å². The van der Waals surface area contributed by atoms with Crippen molar-refractivity contribution in [3.8, 4) is 0 Å². The molecule has 0 saturated carbocycles. The van der Waals surface area contributed by atoms with Gasteiger partial charge >= 0.3 is 11.9 Å². The van der Waals surface area contributed by atoms with Crippen molar-refractivity contribution in [2.75, 3.05) is 20.8 Å². The lowest BCUT2D eigenvalue weighted by molar-refractivity contribution is -0.153. The number of ether oxygens (including phenoxy) is 2. The van der Waals surface area contributed by atoms with Crippen molar-refractivity contribution in [2.24, 2.45) is 10.2 Å². The van der Waals surface area contributed by atoms with Crippen molar-refractivity contribution >= 4 is 11.9 Å². The predicted molar refractivity (Wildman–Crippen MR) is 45.7 cm³/mol. The third kappa shape index (κ3) is 1.89. The molecule has 0 fully saturated rings. The van der Waals surface area contributed by atoms with Crippen LogP contribution in [-0.4, -0.2) is 38.2 Å². The summed E-state index contributed by atoms with van der Waals surface area (Å²) in [7, 11) is 2.52. The standard InChI is InChI=1S/C8H12N2O4/c1-13-6(11)5-8(7(12)14-2)3-4-9-10-8/h3-5H2,1-2H3/t8-/m1/s1. The summed E-state index contributed by atoms with van der Waals surface area (Å²) in [5, 5.41) is 7.49. The van der Waals surface area contributed by atoms with E-state index in [1.54, 1.807) is 0 Å². The summed E-state index contributed by atoms with van der Waals surface area (Å²) in [4.78, 5) is 22.5. The number of carbonyl (C=O) groups is 2. The first-order valence-electron chi connectivity index (χ1n) is 4.18. The van der Waals surface area contributed by atoms with Gasteiger partial charge in [-0.1, -0.05) is 0 Å². The van der Waals surface area contributed by atoms with Crippen molar-refractivity contribution in [1.82, 2.24) is 0 Å². The highest BCUT2D eigenvalue weighted by Gasteiger charge is 2.44. The molecular formula is C8H12N2O4. The molecule has 6 heteroatoms. The first-order chi connectivity index (χ1) is 6.64. The van der Waals surface area contributed by atoms with Gasteiger partial charge in [0.1, 0.15) is 0 Å². The van der Waals surface area contributed by atoms with Crippen LogP contribution in [0, 0.1) is 0 Å². The van der Waals surface area contributed by atoms with Crippen molar-refractivity contribution in [3.05, 3.63) is 0 Å². The summed E-state index contributed by atoms with van der Waals surface area (Å²) in [6.45, 7) is 0.437. The number of hydrogen-bond donors (Lipinski definition) is 0. The minimum atomic E-state index is -1.15. The van der Waals surface area contributed by atoms with Gasteiger partial charge in [-0.3, -0.25) is 4.79 Å². The van der Waals surface area contributed by atoms with Crippen LogP contribution in [0.5, 0.6) is 0 Å². The van der Waals surface area contributed by atoms with Gasteiger partial charge in [0.05, 0.1) is 27.2 Å². The Balaban J connectivity index is 2.77. The molecule has 0 amide bonds. The van der Waals surface area contributed by atoms with Gasteiger partial charge in [-0.15, -0.1) is 0 Å². The second kappa shape index (κ2) is 4.17. The minimum absolute atomic E-state index is 0.111. The van der Waals surface area contributed by atoms with E-state index in [9.17, 15) is 9.59 Å². The third-order valence-corrected chi connectivity index (χ3v) is 2.12. The summed E-state index contributed by atoms with van der Waals surface area (Å²) >= 11 is 0. The molecule has 0 aromatic heterocycles. The number of azo groups is 1. The largest absolute Gasteiger partial charge is 0.469 e. The molecule has 0 bridgehead atoms. The van der Waals surface area contributed by atoms with E-state index < -0.39 is 17.5 Å². The summed E-state index contributed by atoms with van der Waals surface area (Å²) in [6, 6.07) is 0. The lowest BCUT2D eigenvalue weighted by Gasteiger charge is -2.19. The highest BCUT2D eigenvalue weighted by atomic mass is 16.5. The molecule has 1 aliphatic rings. The number of esters is 2. The molecule has 14 heavy (non-hydrogen) atoms. The number of carbonyl (C=O) groups excluding carboxylic acids is 2. The van der Waals surface area contributed by atoms with Gasteiger partial charge in [0.25, 0.3) is 0 Å². The van der Waals surface area contributed by atoms with Gasteiger partial charge in [-0.2, -0.15) is 10.2 Å². The van der Waals surface area contributed by atoms with E-state index in [0.29, 0.717) is 13.0 Å². The summed E-state index contributed by atoms with van der Waals surface area (Å²) < 4.78 is 9.07. The molecule has 6 nitrogen and oxygen atoms in total. The van der Waals surface area contributed by atoms with E-state index in [2.05, 4.69) is 19.7 Å². The third-order valence-electron chi connectivity index (χ3n) is 2.12. The zero-order valence-electron chi connectivity index (χ0n) is 8.15. The Bertz CT molecular complexity index is 277. The Morgan fingerprint density at radius 2 is 2.07 bits per heavy atom. The van der Waals surface area contributed by atoms with Crippen LogP contribution < -0.4 is 0 Å². The predicted octanol–water partition coefficient (Wildman–Crippen LogP) is 0.317. The molecule has 1 rings (SSSR count). The molecular weight excluding hydrogens is 188 g/mol. The normalized spacial score (nSPS) is 24.7. The Hall–Kier alpha value is -1.46. The maximum Gasteiger partial charge on any atom is 0.336 e. The Morgan fingerprint density at radius 1 is 1.36 bits per heavy atom. The van der Waals surface area contributed by atoms with Crippen molar-refractivity contribution in [1.29, 1.82) is 0 Å². The Labute approximate surface area is 81.3 Å². The number of rotatable bonds is 3. The van der Waals surface area contributed by atoms with Crippen LogP contribution in [0.25, 0.3) is 0 Å². The van der Waals surface area contributed by atoms with E-state index in [-0.39, 0.29) is 6.42 Å². The summed E-state index contributed by atoms with van der Waals surface area (Å²) in [5.74, 6) is -1.03. The highest BCUT2D eigenvalue weighted by molar-refractivity contribution is 5.87. The number of hydrogen-bond acceptors (Lipinski definition) is 6. The van der Waals surface area contributed by atoms with Crippen molar-refractivity contribution in [3.63, 3.8) is 0 Å². The zero-order valence-corrected chi connectivity index (χ0v) is 8.15. The van der Waals surface area contributed by atoms with Crippen molar-refractivity contribution < 1.29 is 19.1 Å². The van der Waals surface area contributed by atoms with E-state index in [1.165, 1.54) is 14.2 Å². The van der Waals surface area contributed by atoms with Crippen LogP contribution in [0.15, 0.2) is 10.2 Å². The molecule has 1 atom stereocenters. The number of methoxy groups -OCH3 is 2. The first kappa shape index (κ1) is 10.6. The van der Waals surface area contributed by atoms with Crippen LogP contribution in [0.3, 0.4) is 0 Å². The molecule has 0 spiro atoms. The molecule has 0 unspecified atom stereocenters. The SMILES string of the molecule is COC(=O)C[C@@]1(C(=O)OC)CCN=N1. The van der Waals surface area contributed by atoms with Crippen LogP contribution in [0.1, 0.15) is 12.8 Å². The fourth-order valence-electron chi connectivity index (χ4n) is 1.31. The van der Waals surface area contributed by atoms with Crippen LogP contribution in [-0.2, 0) is 19.1 Å².